The topological polar surface area (TPSA) is 22.4 Å². The smallest absolute Gasteiger partial charge is 0.126 e. The molecular formula is C11H9O2. The molecule has 0 aliphatic carbocycles. The molecule has 0 amide bonds. The Kier molecular flexibility index (Phi) is 2.04. The van der Waals surface area contributed by atoms with Gasteiger partial charge in [0.1, 0.15) is 5.75 Å². The summed E-state index contributed by atoms with van der Waals surface area (Å²) < 4.78 is 10.2. The number of methoxy groups -OCH3 is 1. The minimum Gasteiger partial charge on any atom is -0.496 e. The standard InChI is InChI=1S/C11H9O2/c1-12-11-5-3-2-4-10(11)9-6-7-13-8-9/h2-5,7-8H,1H3. The van der Waals surface area contributed by atoms with Crippen LogP contribution in [0.2, 0.25) is 0 Å². The maximum atomic E-state index is 5.21. The van der Waals surface area contributed by atoms with E-state index in [-0.39, 0.29) is 0 Å². The van der Waals surface area contributed by atoms with Crippen LogP contribution in [0.25, 0.3) is 11.1 Å². The third-order valence-electron chi connectivity index (χ3n) is 1.87. The fourth-order valence-electron chi connectivity index (χ4n) is 1.24. The zero-order valence-electron chi connectivity index (χ0n) is 7.28. The fourth-order valence-corrected chi connectivity index (χ4v) is 1.24. The van der Waals surface area contributed by atoms with Gasteiger partial charge in [0.05, 0.1) is 19.6 Å². The van der Waals surface area contributed by atoms with Crippen LogP contribution in [0.1, 0.15) is 0 Å². The van der Waals surface area contributed by atoms with Crippen LogP contribution in [0.3, 0.4) is 0 Å². The van der Waals surface area contributed by atoms with Crippen molar-refractivity contribution in [3.8, 4) is 16.9 Å². The lowest BCUT2D eigenvalue weighted by atomic mass is 10.1. The second-order valence-corrected chi connectivity index (χ2v) is 2.63. The number of furan rings is 1. The normalized spacial score (nSPS) is 9.92. The molecular weight excluding hydrogens is 164 g/mol. The molecule has 2 heteroatoms. The maximum Gasteiger partial charge on any atom is 0.126 e. The first kappa shape index (κ1) is 7.92. The van der Waals surface area contributed by atoms with Gasteiger partial charge >= 0.3 is 0 Å². The Balaban J connectivity index is 2.51. The van der Waals surface area contributed by atoms with Gasteiger partial charge in [0.15, 0.2) is 0 Å². The van der Waals surface area contributed by atoms with E-state index < -0.39 is 0 Å². The Bertz CT molecular complexity index is 377. The Morgan fingerprint density at radius 2 is 2.15 bits per heavy atom. The van der Waals surface area contributed by atoms with Crippen LogP contribution in [0.5, 0.6) is 5.75 Å². The van der Waals surface area contributed by atoms with Crippen LogP contribution in [0.15, 0.2) is 41.2 Å². The molecule has 2 aromatic rings. The van der Waals surface area contributed by atoms with Crippen molar-refractivity contribution in [2.24, 2.45) is 0 Å². The van der Waals surface area contributed by atoms with Gasteiger partial charge in [-0.05, 0) is 6.07 Å². The Morgan fingerprint density at radius 3 is 2.85 bits per heavy atom. The second-order valence-electron chi connectivity index (χ2n) is 2.63. The molecule has 1 heterocycles. The zero-order chi connectivity index (χ0) is 9.10. The van der Waals surface area contributed by atoms with Gasteiger partial charge < -0.3 is 9.15 Å². The van der Waals surface area contributed by atoms with Gasteiger partial charge in [-0.15, -0.1) is 0 Å². The highest BCUT2D eigenvalue weighted by atomic mass is 16.5. The largest absolute Gasteiger partial charge is 0.496 e. The Morgan fingerprint density at radius 1 is 1.31 bits per heavy atom. The summed E-state index contributed by atoms with van der Waals surface area (Å²) in [6.07, 6.45) is 3.18. The first-order chi connectivity index (χ1) is 6.42. The summed E-state index contributed by atoms with van der Waals surface area (Å²) in [7, 11) is 1.65. The van der Waals surface area contributed by atoms with Gasteiger partial charge in [-0.1, -0.05) is 18.2 Å². The molecule has 2 rings (SSSR count). The van der Waals surface area contributed by atoms with Gasteiger partial charge in [-0.2, -0.15) is 0 Å². The number of benzene rings is 1. The van der Waals surface area contributed by atoms with E-state index in [1.165, 1.54) is 6.26 Å². The maximum absolute atomic E-state index is 5.21. The highest BCUT2D eigenvalue weighted by Crippen LogP contribution is 2.28. The molecule has 0 unspecified atom stereocenters. The third-order valence-corrected chi connectivity index (χ3v) is 1.87. The molecule has 0 fully saturated rings. The van der Waals surface area contributed by atoms with Crippen molar-refractivity contribution in [1.82, 2.24) is 0 Å². The van der Waals surface area contributed by atoms with E-state index in [0.717, 1.165) is 16.9 Å². The Hall–Kier alpha value is -1.70. The van der Waals surface area contributed by atoms with Gasteiger partial charge in [-0.3, -0.25) is 0 Å². The van der Waals surface area contributed by atoms with Crippen LogP contribution < -0.4 is 4.74 Å². The summed E-state index contributed by atoms with van der Waals surface area (Å²) in [5.41, 5.74) is 1.91. The van der Waals surface area contributed by atoms with Gasteiger partial charge in [0.2, 0.25) is 0 Å². The van der Waals surface area contributed by atoms with Crippen LogP contribution in [-0.4, -0.2) is 7.11 Å². The molecule has 0 aliphatic rings. The summed E-state index contributed by atoms with van der Waals surface area (Å²) in [4.78, 5) is 0. The third kappa shape index (κ3) is 1.43. The lowest BCUT2D eigenvalue weighted by Crippen LogP contribution is -1.85. The van der Waals surface area contributed by atoms with Crippen LogP contribution >= 0.6 is 0 Å². The molecule has 1 aromatic carbocycles. The van der Waals surface area contributed by atoms with E-state index in [2.05, 4.69) is 6.07 Å². The average Bonchev–Trinajstić information content (AvgIpc) is 2.70. The summed E-state index contributed by atoms with van der Waals surface area (Å²) in [5, 5.41) is 0. The molecule has 1 aromatic heterocycles. The molecule has 0 N–H and O–H groups in total. The number of rotatable bonds is 2. The first-order valence-corrected chi connectivity index (χ1v) is 3.99. The van der Waals surface area contributed by atoms with E-state index in [1.807, 2.05) is 24.3 Å². The predicted molar refractivity (Wildman–Crippen MR) is 49.5 cm³/mol. The first-order valence-electron chi connectivity index (χ1n) is 3.99. The highest BCUT2D eigenvalue weighted by molar-refractivity contribution is 5.68. The summed E-state index contributed by atoms with van der Waals surface area (Å²) >= 11 is 0. The summed E-state index contributed by atoms with van der Waals surface area (Å²) in [6.45, 7) is 0. The molecule has 0 bridgehead atoms. The van der Waals surface area contributed by atoms with Crippen molar-refractivity contribution < 1.29 is 9.15 Å². The highest BCUT2D eigenvalue weighted by Gasteiger charge is 2.04. The van der Waals surface area contributed by atoms with Gasteiger partial charge in [-0.25, -0.2) is 0 Å². The van der Waals surface area contributed by atoms with Gasteiger partial charge in [0.25, 0.3) is 0 Å². The van der Waals surface area contributed by atoms with Crippen molar-refractivity contribution in [1.29, 1.82) is 0 Å². The molecule has 65 valence electrons. The zero-order valence-corrected chi connectivity index (χ0v) is 7.28. The minimum absolute atomic E-state index is 0.833. The van der Waals surface area contributed by atoms with E-state index in [0.29, 0.717) is 0 Å². The van der Waals surface area contributed by atoms with E-state index in [9.17, 15) is 0 Å². The lowest BCUT2D eigenvalue weighted by molar-refractivity contribution is 0.416. The number of ether oxygens (including phenoxy) is 1. The van der Waals surface area contributed by atoms with Crippen molar-refractivity contribution in [3.05, 3.63) is 42.9 Å². The molecule has 0 atom stereocenters. The molecule has 13 heavy (non-hydrogen) atoms. The lowest BCUT2D eigenvalue weighted by Gasteiger charge is -2.04. The van der Waals surface area contributed by atoms with Crippen LogP contribution in [-0.2, 0) is 0 Å². The minimum atomic E-state index is 0.833. The van der Waals surface area contributed by atoms with E-state index in [1.54, 1.807) is 13.4 Å². The SMILES string of the molecule is COc1ccccc1-c1[c]coc1. The number of hydrogen-bond donors (Lipinski definition) is 0. The van der Waals surface area contributed by atoms with E-state index in [4.69, 9.17) is 9.15 Å². The van der Waals surface area contributed by atoms with Gasteiger partial charge in [0, 0.05) is 17.2 Å². The molecule has 1 radical (unpaired) electrons. The molecule has 0 spiro atoms. The predicted octanol–water partition coefficient (Wildman–Crippen LogP) is 2.76. The second kappa shape index (κ2) is 3.35. The average molecular weight is 173 g/mol. The van der Waals surface area contributed by atoms with Crippen molar-refractivity contribution in [2.75, 3.05) is 7.11 Å². The Labute approximate surface area is 76.8 Å². The summed E-state index contributed by atoms with van der Waals surface area (Å²) in [6, 6.07) is 10.8. The van der Waals surface area contributed by atoms with Crippen molar-refractivity contribution in [2.45, 2.75) is 0 Å². The number of hydrogen-bond acceptors (Lipinski definition) is 2. The molecule has 2 nitrogen and oxygen atoms in total. The molecule has 0 saturated carbocycles. The van der Waals surface area contributed by atoms with Crippen molar-refractivity contribution in [3.63, 3.8) is 0 Å². The van der Waals surface area contributed by atoms with Crippen molar-refractivity contribution >= 4 is 0 Å². The monoisotopic (exact) mass is 173 g/mol. The van der Waals surface area contributed by atoms with Crippen LogP contribution in [0.4, 0.5) is 0 Å². The fraction of sp³-hybridized carbons (Fsp3) is 0.0909. The van der Waals surface area contributed by atoms with Crippen LogP contribution in [0, 0.1) is 6.07 Å². The molecule has 0 aliphatic heterocycles. The van der Waals surface area contributed by atoms with E-state index >= 15 is 0 Å². The number of para-hydroxylation sites is 1. The quantitative estimate of drug-likeness (QED) is 0.696. The summed E-state index contributed by atoms with van der Waals surface area (Å²) in [5.74, 6) is 0.833. The molecule has 0 saturated heterocycles.